The molecule has 100 valence electrons. The Balaban J connectivity index is 3.21. The Morgan fingerprint density at radius 3 is 2.44 bits per heavy atom. The van der Waals surface area contributed by atoms with Crippen LogP contribution in [-0.4, -0.2) is 25.7 Å². The Morgan fingerprint density at radius 2 is 2.00 bits per heavy atom. The lowest BCUT2D eigenvalue weighted by Crippen LogP contribution is -2.22. The maximum atomic E-state index is 11.7. The van der Waals surface area contributed by atoms with Crippen LogP contribution in [0.1, 0.15) is 13.8 Å². The van der Waals surface area contributed by atoms with E-state index in [1.807, 2.05) is 0 Å². The molecule has 1 N–H and O–H groups in total. The smallest absolute Gasteiger partial charge is 0.271 e. The highest BCUT2D eigenvalue weighted by molar-refractivity contribution is 7.93. The quantitative estimate of drug-likeness (QED) is 0.651. The summed E-state index contributed by atoms with van der Waals surface area (Å²) in [5.41, 5.74) is -0.155. The van der Waals surface area contributed by atoms with E-state index in [0.29, 0.717) is 0 Å². The Labute approximate surface area is 105 Å². The number of nitro groups is 1. The highest BCUT2D eigenvalue weighted by Crippen LogP contribution is 2.30. The largest absolute Gasteiger partial charge is 0.495 e. The first-order valence-corrected chi connectivity index (χ1v) is 6.66. The average Bonchev–Trinajstić information content (AvgIpc) is 2.28. The second-order valence-electron chi connectivity index (χ2n) is 3.84. The predicted octanol–water partition coefficient (Wildman–Crippen LogP) is 1.75. The van der Waals surface area contributed by atoms with E-state index in [9.17, 15) is 18.5 Å². The summed E-state index contributed by atoms with van der Waals surface area (Å²) in [7, 11) is -2.22. The van der Waals surface area contributed by atoms with Gasteiger partial charge in [-0.05, 0) is 19.9 Å². The summed E-state index contributed by atoms with van der Waals surface area (Å²) in [5.74, 6) is 0.227. The molecule has 0 atom stereocenters. The Bertz CT molecular complexity index is 553. The molecule has 1 rings (SSSR count). The van der Waals surface area contributed by atoms with Gasteiger partial charge in [-0.15, -0.1) is 0 Å². The van der Waals surface area contributed by atoms with E-state index in [1.54, 1.807) is 0 Å². The number of anilines is 1. The van der Waals surface area contributed by atoms with Crippen molar-refractivity contribution in [1.29, 1.82) is 0 Å². The first-order chi connectivity index (χ1) is 8.27. The van der Waals surface area contributed by atoms with Crippen molar-refractivity contribution in [1.82, 2.24) is 0 Å². The van der Waals surface area contributed by atoms with Crippen LogP contribution in [0.15, 0.2) is 18.2 Å². The first kappa shape index (κ1) is 14.2. The van der Waals surface area contributed by atoms with Gasteiger partial charge >= 0.3 is 0 Å². The van der Waals surface area contributed by atoms with Crippen molar-refractivity contribution >= 4 is 21.4 Å². The number of hydrogen-bond acceptors (Lipinski definition) is 5. The number of nitrogens with one attached hydrogen (secondary N) is 1. The van der Waals surface area contributed by atoms with Crippen molar-refractivity contribution in [2.45, 2.75) is 19.1 Å². The topological polar surface area (TPSA) is 98.5 Å². The van der Waals surface area contributed by atoms with Crippen molar-refractivity contribution < 1.29 is 18.1 Å². The summed E-state index contributed by atoms with van der Waals surface area (Å²) >= 11 is 0. The van der Waals surface area contributed by atoms with Crippen molar-refractivity contribution in [3.63, 3.8) is 0 Å². The molecule has 18 heavy (non-hydrogen) atoms. The maximum absolute atomic E-state index is 11.7. The van der Waals surface area contributed by atoms with Crippen LogP contribution in [-0.2, 0) is 10.0 Å². The monoisotopic (exact) mass is 274 g/mol. The molecule has 0 heterocycles. The lowest BCUT2D eigenvalue weighted by molar-refractivity contribution is -0.384. The van der Waals surface area contributed by atoms with E-state index in [-0.39, 0.29) is 17.1 Å². The van der Waals surface area contributed by atoms with Gasteiger partial charge in [-0.3, -0.25) is 14.8 Å². The van der Waals surface area contributed by atoms with Crippen molar-refractivity contribution in [3.05, 3.63) is 28.3 Å². The second-order valence-corrected chi connectivity index (χ2v) is 6.07. The summed E-state index contributed by atoms with van der Waals surface area (Å²) in [5, 5.41) is 9.99. The molecule has 0 fully saturated rings. The van der Waals surface area contributed by atoms with Crippen molar-refractivity contribution in [3.8, 4) is 5.75 Å². The van der Waals surface area contributed by atoms with Gasteiger partial charge in [0.25, 0.3) is 5.69 Å². The zero-order valence-corrected chi connectivity index (χ0v) is 11.0. The molecule has 0 bridgehead atoms. The van der Waals surface area contributed by atoms with Gasteiger partial charge in [-0.2, -0.15) is 0 Å². The summed E-state index contributed by atoms with van der Waals surface area (Å²) in [6, 6.07) is 3.71. The summed E-state index contributed by atoms with van der Waals surface area (Å²) in [6.45, 7) is 3.01. The van der Waals surface area contributed by atoms with E-state index < -0.39 is 20.2 Å². The number of ether oxygens (including phenoxy) is 1. The van der Waals surface area contributed by atoms with Gasteiger partial charge in [-0.25, -0.2) is 8.42 Å². The maximum Gasteiger partial charge on any atom is 0.271 e. The van der Waals surface area contributed by atoms with E-state index in [4.69, 9.17) is 4.74 Å². The number of nitrogens with zero attached hydrogens (tertiary/aromatic N) is 1. The summed E-state index contributed by atoms with van der Waals surface area (Å²) in [4.78, 5) is 10.0. The average molecular weight is 274 g/mol. The normalized spacial score (nSPS) is 11.3. The molecule has 0 radical (unpaired) electrons. The number of sulfonamides is 1. The molecule has 0 saturated heterocycles. The van der Waals surface area contributed by atoms with Gasteiger partial charge in [-0.1, -0.05) is 0 Å². The molecule has 0 amide bonds. The van der Waals surface area contributed by atoms with Gasteiger partial charge in [0, 0.05) is 12.1 Å². The van der Waals surface area contributed by atoms with Gasteiger partial charge in [0.2, 0.25) is 10.0 Å². The fraction of sp³-hybridized carbons (Fsp3) is 0.400. The molecule has 0 aliphatic carbocycles. The molecular formula is C10H14N2O5S. The van der Waals surface area contributed by atoms with E-state index in [1.165, 1.54) is 33.1 Å². The van der Waals surface area contributed by atoms with Crippen LogP contribution in [0.4, 0.5) is 11.4 Å². The fourth-order valence-electron chi connectivity index (χ4n) is 1.16. The Kier molecular flexibility index (Phi) is 4.12. The van der Waals surface area contributed by atoms with Gasteiger partial charge in [0.15, 0.2) is 0 Å². The van der Waals surface area contributed by atoms with Crippen LogP contribution in [0.25, 0.3) is 0 Å². The third kappa shape index (κ3) is 3.10. The van der Waals surface area contributed by atoms with Crippen LogP contribution in [0.2, 0.25) is 0 Å². The molecule has 7 nitrogen and oxygen atoms in total. The van der Waals surface area contributed by atoms with Crippen LogP contribution in [0.3, 0.4) is 0 Å². The van der Waals surface area contributed by atoms with Crippen LogP contribution >= 0.6 is 0 Å². The standard InChI is InChI=1S/C10H14N2O5S/c1-7(2)18(15,16)11-9-6-8(12(13)14)4-5-10(9)17-3/h4-7,11H,1-3H3. The number of benzene rings is 1. The van der Waals surface area contributed by atoms with E-state index in [2.05, 4.69) is 4.72 Å². The van der Waals surface area contributed by atoms with Crippen LogP contribution in [0.5, 0.6) is 5.75 Å². The molecule has 0 aliphatic heterocycles. The van der Waals surface area contributed by atoms with E-state index >= 15 is 0 Å². The minimum Gasteiger partial charge on any atom is -0.495 e. The zero-order valence-electron chi connectivity index (χ0n) is 10.2. The van der Waals surface area contributed by atoms with Crippen LogP contribution < -0.4 is 9.46 Å². The lowest BCUT2D eigenvalue weighted by atomic mass is 10.2. The van der Waals surface area contributed by atoms with Gasteiger partial charge in [0.1, 0.15) is 5.75 Å². The third-order valence-corrected chi connectivity index (χ3v) is 4.01. The summed E-state index contributed by atoms with van der Waals surface area (Å²) < 4.78 is 30.7. The minimum absolute atomic E-state index is 0.0559. The lowest BCUT2D eigenvalue weighted by Gasteiger charge is -2.13. The molecule has 1 aromatic carbocycles. The first-order valence-electron chi connectivity index (χ1n) is 5.12. The van der Waals surface area contributed by atoms with Crippen molar-refractivity contribution in [2.75, 3.05) is 11.8 Å². The Hall–Kier alpha value is -1.83. The van der Waals surface area contributed by atoms with Gasteiger partial charge < -0.3 is 4.74 Å². The molecule has 0 spiro atoms. The number of methoxy groups -OCH3 is 1. The Morgan fingerprint density at radius 1 is 1.39 bits per heavy atom. The number of non-ortho nitro benzene ring substituents is 1. The predicted molar refractivity (Wildman–Crippen MR) is 67.3 cm³/mol. The minimum atomic E-state index is -3.58. The van der Waals surface area contributed by atoms with E-state index in [0.717, 1.165) is 6.07 Å². The zero-order chi connectivity index (χ0) is 13.9. The summed E-state index contributed by atoms with van der Waals surface area (Å²) in [6.07, 6.45) is 0. The van der Waals surface area contributed by atoms with Gasteiger partial charge in [0.05, 0.1) is 23.0 Å². The molecular weight excluding hydrogens is 260 g/mol. The van der Waals surface area contributed by atoms with Crippen LogP contribution in [0, 0.1) is 10.1 Å². The third-order valence-electron chi connectivity index (χ3n) is 2.27. The molecule has 0 aromatic heterocycles. The number of hydrogen-bond donors (Lipinski definition) is 1. The van der Waals surface area contributed by atoms with Crippen molar-refractivity contribution in [2.24, 2.45) is 0 Å². The molecule has 1 aromatic rings. The fourth-order valence-corrected chi connectivity index (χ4v) is 1.86. The number of nitro benzene ring substituents is 1. The highest BCUT2D eigenvalue weighted by atomic mass is 32.2. The molecule has 8 heteroatoms. The molecule has 0 saturated carbocycles. The second kappa shape index (κ2) is 5.21. The molecule has 0 unspecified atom stereocenters. The highest BCUT2D eigenvalue weighted by Gasteiger charge is 2.19. The number of rotatable bonds is 5. The SMILES string of the molecule is COc1ccc([N+](=O)[O-])cc1NS(=O)(=O)C(C)C. The molecule has 0 aliphatic rings.